The highest BCUT2D eigenvalue weighted by atomic mass is 16.5. The molecule has 3 heterocycles. The van der Waals surface area contributed by atoms with E-state index in [1.54, 1.807) is 15.6 Å². The van der Waals surface area contributed by atoms with Gasteiger partial charge in [-0.15, -0.1) is 5.10 Å². The van der Waals surface area contributed by atoms with Crippen LogP contribution >= 0.6 is 0 Å². The summed E-state index contributed by atoms with van der Waals surface area (Å²) in [6.45, 7) is 6.67. The second kappa shape index (κ2) is 6.73. The Labute approximate surface area is 144 Å². The molecule has 1 saturated heterocycles. The van der Waals surface area contributed by atoms with Crippen molar-refractivity contribution in [3.8, 4) is 5.69 Å². The van der Waals surface area contributed by atoms with E-state index in [9.17, 15) is 4.79 Å². The number of hydrogen-bond donors (Lipinski definition) is 0. The third-order valence-electron chi connectivity index (χ3n) is 4.44. The molecule has 3 aromatic rings. The number of nitrogens with zero attached hydrogens (tertiary/aromatic N) is 6. The highest BCUT2D eigenvalue weighted by Crippen LogP contribution is 2.13. The molecule has 1 aromatic carbocycles. The number of aromatic nitrogens is 5. The van der Waals surface area contributed by atoms with Gasteiger partial charge >= 0.3 is 0 Å². The molecule has 0 amide bonds. The summed E-state index contributed by atoms with van der Waals surface area (Å²) in [6.07, 6.45) is 1.58. The second-order valence-electron chi connectivity index (χ2n) is 6.21. The third kappa shape index (κ3) is 3.18. The number of fused-ring (bicyclic) bond motifs is 1. The lowest BCUT2D eigenvalue weighted by molar-refractivity contribution is 0.0362. The summed E-state index contributed by atoms with van der Waals surface area (Å²) in [5.41, 5.74) is 2.59. The summed E-state index contributed by atoms with van der Waals surface area (Å²) < 4.78 is 8.55. The molecule has 130 valence electrons. The van der Waals surface area contributed by atoms with Gasteiger partial charge in [0.2, 0.25) is 0 Å². The van der Waals surface area contributed by atoms with Crippen LogP contribution in [-0.4, -0.2) is 62.3 Å². The molecule has 2 aromatic heterocycles. The van der Waals surface area contributed by atoms with Crippen molar-refractivity contribution in [3.63, 3.8) is 0 Å². The minimum atomic E-state index is -0.155. The molecular weight excluding hydrogens is 320 g/mol. The zero-order valence-corrected chi connectivity index (χ0v) is 14.1. The topological polar surface area (TPSA) is 78.1 Å². The van der Waals surface area contributed by atoms with Crippen molar-refractivity contribution in [1.82, 2.24) is 29.4 Å². The smallest absolute Gasteiger partial charge is 0.283 e. The highest BCUT2D eigenvalue weighted by Gasteiger charge is 2.15. The van der Waals surface area contributed by atoms with Gasteiger partial charge in [-0.2, -0.15) is 4.68 Å². The summed E-state index contributed by atoms with van der Waals surface area (Å²) in [5, 5.41) is 8.19. The van der Waals surface area contributed by atoms with Crippen LogP contribution in [0.4, 0.5) is 0 Å². The Morgan fingerprint density at radius 1 is 1.20 bits per heavy atom. The van der Waals surface area contributed by atoms with Crippen LogP contribution in [-0.2, 0) is 11.3 Å². The fourth-order valence-electron chi connectivity index (χ4n) is 3.01. The van der Waals surface area contributed by atoms with Crippen LogP contribution in [0.2, 0.25) is 0 Å². The van der Waals surface area contributed by atoms with E-state index >= 15 is 0 Å². The van der Waals surface area contributed by atoms with Gasteiger partial charge in [0.25, 0.3) is 5.56 Å². The molecule has 0 radical (unpaired) electrons. The lowest BCUT2D eigenvalue weighted by Crippen LogP contribution is -2.39. The molecule has 1 aliphatic heterocycles. The van der Waals surface area contributed by atoms with Gasteiger partial charge < -0.3 is 4.74 Å². The van der Waals surface area contributed by atoms with Crippen molar-refractivity contribution in [2.75, 3.05) is 32.8 Å². The molecule has 25 heavy (non-hydrogen) atoms. The normalized spacial score (nSPS) is 15.7. The molecule has 0 N–H and O–H groups in total. The lowest BCUT2D eigenvalue weighted by Gasteiger charge is -2.26. The van der Waals surface area contributed by atoms with Gasteiger partial charge in [-0.05, 0) is 24.6 Å². The Morgan fingerprint density at radius 3 is 2.84 bits per heavy atom. The number of morpholine rings is 1. The molecule has 8 nitrogen and oxygen atoms in total. The molecule has 0 spiro atoms. The summed E-state index contributed by atoms with van der Waals surface area (Å²) >= 11 is 0. The van der Waals surface area contributed by atoms with E-state index in [4.69, 9.17) is 4.74 Å². The van der Waals surface area contributed by atoms with Crippen LogP contribution in [0.5, 0.6) is 0 Å². The van der Waals surface area contributed by atoms with Crippen LogP contribution in [0, 0.1) is 6.92 Å². The molecule has 8 heteroatoms. The SMILES string of the molecule is Cc1cccc(-n2nnc3c(=O)n(CCN4CCOCC4)cnc32)c1. The van der Waals surface area contributed by atoms with Crippen LogP contribution in [0.1, 0.15) is 5.56 Å². The Kier molecular flexibility index (Phi) is 4.29. The monoisotopic (exact) mass is 340 g/mol. The zero-order chi connectivity index (χ0) is 17.2. The number of benzene rings is 1. The van der Waals surface area contributed by atoms with Crippen LogP contribution in [0.15, 0.2) is 35.4 Å². The van der Waals surface area contributed by atoms with Crippen molar-refractivity contribution in [3.05, 3.63) is 46.5 Å². The predicted octanol–water partition coefficient (Wildman–Crippen LogP) is 0.618. The molecule has 0 unspecified atom stereocenters. The third-order valence-corrected chi connectivity index (χ3v) is 4.44. The summed E-state index contributed by atoms with van der Waals surface area (Å²) in [7, 11) is 0. The van der Waals surface area contributed by atoms with E-state index < -0.39 is 0 Å². The maximum absolute atomic E-state index is 12.7. The van der Waals surface area contributed by atoms with Gasteiger partial charge in [-0.1, -0.05) is 17.3 Å². The minimum absolute atomic E-state index is 0.155. The van der Waals surface area contributed by atoms with Gasteiger partial charge in [0.15, 0.2) is 11.2 Å². The average molecular weight is 340 g/mol. The largest absolute Gasteiger partial charge is 0.379 e. The van der Waals surface area contributed by atoms with Crippen LogP contribution in [0.25, 0.3) is 16.9 Å². The van der Waals surface area contributed by atoms with E-state index in [1.807, 2.05) is 31.2 Å². The number of ether oxygens (including phenoxy) is 1. The predicted molar refractivity (Wildman–Crippen MR) is 92.9 cm³/mol. The first kappa shape index (κ1) is 15.9. The minimum Gasteiger partial charge on any atom is -0.379 e. The fraction of sp³-hybridized carbons (Fsp3) is 0.412. The summed E-state index contributed by atoms with van der Waals surface area (Å²) in [5.74, 6) is 0. The Hall–Kier alpha value is -2.58. The number of aryl methyl sites for hydroxylation is 1. The molecule has 0 atom stereocenters. The molecule has 1 aliphatic rings. The summed E-state index contributed by atoms with van der Waals surface area (Å²) in [4.78, 5) is 19.4. The van der Waals surface area contributed by atoms with E-state index in [-0.39, 0.29) is 5.56 Å². The second-order valence-corrected chi connectivity index (χ2v) is 6.21. The molecule has 0 aliphatic carbocycles. The van der Waals surface area contributed by atoms with E-state index in [1.165, 1.54) is 0 Å². The molecular formula is C17H20N6O2. The van der Waals surface area contributed by atoms with E-state index in [2.05, 4.69) is 20.2 Å². The lowest BCUT2D eigenvalue weighted by atomic mass is 10.2. The Morgan fingerprint density at radius 2 is 2.04 bits per heavy atom. The number of rotatable bonds is 4. The van der Waals surface area contributed by atoms with Gasteiger partial charge in [-0.3, -0.25) is 14.3 Å². The Balaban J connectivity index is 1.62. The molecule has 0 bridgehead atoms. The standard InChI is InChI=1S/C17H20N6O2/c1-13-3-2-4-14(11-13)23-16-15(19-20-23)17(24)22(12-18-16)6-5-21-7-9-25-10-8-21/h2-4,11-12H,5-10H2,1H3. The van der Waals surface area contributed by atoms with Gasteiger partial charge in [-0.25, -0.2) is 4.98 Å². The first-order valence-electron chi connectivity index (χ1n) is 8.40. The Bertz CT molecular complexity index is 942. The van der Waals surface area contributed by atoms with Gasteiger partial charge in [0, 0.05) is 26.2 Å². The van der Waals surface area contributed by atoms with Crippen molar-refractivity contribution < 1.29 is 4.74 Å². The zero-order valence-electron chi connectivity index (χ0n) is 14.1. The van der Waals surface area contributed by atoms with Gasteiger partial charge in [0.1, 0.15) is 6.33 Å². The van der Waals surface area contributed by atoms with Gasteiger partial charge in [0.05, 0.1) is 18.9 Å². The van der Waals surface area contributed by atoms with E-state index in [0.29, 0.717) is 17.7 Å². The molecule has 1 fully saturated rings. The fourth-order valence-corrected chi connectivity index (χ4v) is 3.01. The first-order chi connectivity index (χ1) is 12.2. The molecule has 4 rings (SSSR count). The van der Waals surface area contributed by atoms with Crippen molar-refractivity contribution in [1.29, 1.82) is 0 Å². The quantitative estimate of drug-likeness (QED) is 0.693. The van der Waals surface area contributed by atoms with Crippen molar-refractivity contribution in [2.24, 2.45) is 0 Å². The number of hydrogen-bond acceptors (Lipinski definition) is 6. The van der Waals surface area contributed by atoms with Crippen LogP contribution in [0.3, 0.4) is 0 Å². The maximum atomic E-state index is 12.7. The van der Waals surface area contributed by atoms with E-state index in [0.717, 1.165) is 44.1 Å². The average Bonchev–Trinajstić information content (AvgIpc) is 3.07. The maximum Gasteiger partial charge on any atom is 0.283 e. The van der Waals surface area contributed by atoms with Crippen molar-refractivity contribution >= 4 is 11.2 Å². The first-order valence-corrected chi connectivity index (χ1v) is 8.40. The van der Waals surface area contributed by atoms with Crippen molar-refractivity contribution in [2.45, 2.75) is 13.5 Å². The molecule has 0 saturated carbocycles. The highest BCUT2D eigenvalue weighted by molar-refractivity contribution is 5.70. The summed E-state index contributed by atoms with van der Waals surface area (Å²) in [6, 6.07) is 7.86. The van der Waals surface area contributed by atoms with Crippen LogP contribution < -0.4 is 5.56 Å².